The molecule has 3 aromatic heterocycles. The largest absolute Gasteiger partial charge is 0.462 e. The number of nitrogens with zero attached hydrogens (tertiary/aromatic N) is 2. The van der Waals surface area contributed by atoms with E-state index in [1.54, 1.807) is 18.3 Å². The average molecular weight is 444 g/mol. The van der Waals surface area contributed by atoms with Crippen molar-refractivity contribution in [2.45, 2.75) is 51.5 Å². The van der Waals surface area contributed by atoms with Crippen LogP contribution in [-0.2, 0) is 28.9 Å². The summed E-state index contributed by atoms with van der Waals surface area (Å²) in [6.07, 6.45) is 6.47. The van der Waals surface area contributed by atoms with E-state index in [4.69, 9.17) is 4.74 Å². The van der Waals surface area contributed by atoms with Crippen molar-refractivity contribution >= 4 is 49.8 Å². The molecule has 30 heavy (non-hydrogen) atoms. The van der Waals surface area contributed by atoms with Crippen LogP contribution in [0.3, 0.4) is 0 Å². The quantitative estimate of drug-likeness (QED) is 0.587. The van der Waals surface area contributed by atoms with E-state index in [1.165, 1.54) is 27.1 Å². The summed E-state index contributed by atoms with van der Waals surface area (Å²) in [6, 6.07) is 0. The number of ether oxygens (including phenoxy) is 1. The number of hydrogen-bond donors (Lipinski definition) is 1. The minimum absolute atomic E-state index is 0.147. The number of hydrogen-bond acceptors (Lipinski definition) is 7. The van der Waals surface area contributed by atoms with E-state index in [0.717, 1.165) is 48.1 Å². The molecule has 0 radical (unpaired) electrons. The van der Waals surface area contributed by atoms with Crippen molar-refractivity contribution in [1.29, 1.82) is 0 Å². The van der Waals surface area contributed by atoms with Crippen LogP contribution in [0.4, 0.5) is 5.00 Å². The van der Waals surface area contributed by atoms with Gasteiger partial charge in [-0.2, -0.15) is 0 Å². The van der Waals surface area contributed by atoms with Gasteiger partial charge < -0.3 is 10.1 Å². The Hall–Kier alpha value is -2.52. The van der Waals surface area contributed by atoms with Crippen LogP contribution in [-0.4, -0.2) is 28.0 Å². The maximum absolute atomic E-state index is 13.0. The van der Waals surface area contributed by atoms with Crippen LogP contribution >= 0.6 is 22.7 Å². The molecular weight excluding hydrogens is 422 g/mol. The number of rotatable bonds is 6. The highest BCUT2D eigenvalue weighted by Gasteiger charge is 2.32. The number of esters is 1. The van der Waals surface area contributed by atoms with Gasteiger partial charge in [-0.15, -0.1) is 22.7 Å². The van der Waals surface area contributed by atoms with Crippen molar-refractivity contribution in [1.82, 2.24) is 9.55 Å². The lowest BCUT2D eigenvalue weighted by atomic mass is 10.1. The number of carbonyl (C=O) groups excluding carboxylic acids is 2. The molecule has 0 saturated heterocycles. The minimum Gasteiger partial charge on any atom is -0.462 e. The van der Waals surface area contributed by atoms with E-state index in [2.05, 4.69) is 10.3 Å². The molecule has 3 heterocycles. The number of anilines is 1. The monoisotopic (exact) mass is 443 g/mol. The fraction of sp³-hybridized carbons (Fsp3) is 0.429. The average Bonchev–Trinajstić information content (AvgIpc) is 3.15. The Kier molecular flexibility index (Phi) is 4.94. The summed E-state index contributed by atoms with van der Waals surface area (Å²) < 4.78 is 6.55. The second-order valence-electron chi connectivity index (χ2n) is 7.65. The van der Waals surface area contributed by atoms with Gasteiger partial charge in [-0.1, -0.05) is 0 Å². The van der Waals surface area contributed by atoms with Gasteiger partial charge in [0.25, 0.3) is 5.56 Å². The van der Waals surface area contributed by atoms with Crippen molar-refractivity contribution in [3.8, 4) is 0 Å². The highest BCUT2D eigenvalue weighted by molar-refractivity contribution is 7.18. The highest BCUT2D eigenvalue weighted by Crippen LogP contribution is 2.46. The Morgan fingerprint density at radius 2 is 2.17 bits per heavy atom. The summed E-state index contributed by atoms with van der Waals surface area (Å²) in [4.78, 5) is 44.6. The predicted molar refractivity (Wildman–Crippen MR) is 117 cm³/mol. The van der Waals surface area contributed by atoms with Gasteiger partial charge in [-0.25, -0.2) is 9.78 Å². The molecule has 0 atom stereocenters. The molecule has 0 spiro atoms. The third-order valence-electron chi connectivity index (χ3n) is 5.57. The summed E-state index contributed by atoms with van der Waals surface area (Å²) >= 11 is 2.91. The van der Waals surface area contributed by atoms with Gasteiger partial charge in [0.2, 0.25) is 5.91 Å². The molecule has 2 aliphatic rings. The van der Waals surface area contributed by atoms with Crippen LogP contribution in [0.2, 0.25) is 0 Å². The second-order valence-corrected chi connectivity index (χ2v) is 9.62. The number of aryl methyl sites for hydroxylation is 2. The SMILES string of the molecule is CCOC(=O)c1c(C2CC2)csc1NC(=O)Cn1cnc2sc3c(c2c1=O)CCC3. The first-order valence-electron chi connectivity index (χ1n) is 10.1. The molecule has 1 N–H and O–H groups in total. The van der Waals surface area contributed by atoms with E-state index in [9.17, 15) is 14.4 Å². The number of nitrogens with one attached hydrogen (secondary N) is 1. The molecular formula is C21H21N3O4S2. The number of thiophene rings is 2. The molecule has 2 aliphatic carbocycles. The Balaban J connectivity index is 1.40. The van der Waals surface area contributed by atoms with Crippen LogP contribution < -0.4 is 10.9 Å². The maximum Gasteiger partial charge on any atom is 0.341 e. The highest BCUT2D eigenvalue weighted by atomic mass is 32.1. The molecule has 9 heteroatoms. The minimum atomic E-state index is -0.412. The second kappa shape index (κ2) is 7.63. The van der Waals surface area contributed by atoms with Gasteiger partial charge in [-0.05, 0) is 61.5 Å². The van der Waals surface area contributed by atoms with E-state index in [1.807, 2.05) is 5.38 Å². The molecule has 1 fully saturated rings. The van der Waals surface area contributed by atoms with Crippen LogP contribution in [0.5, 0.6) is 0 Å². The lowest BCUT2D eigenvalue weighted by Crippen LogP contribution is -2.28. The Bertz CT molecular complexity index is 1220. The van der Waals surface area contributed by atoms with Crippen molar-refractivity contribution < 1.29 is 14.3 Å². The van der Waals surface area contributed by atoms with E-state index < -0.39 is 5.97 Å². The zero-order valence-electron chi connectivity index (χ0n) is 16.5. The maximum atomic E-state index is 13.0. The molecule has 0 aromatic carbocycles. The predicted octanol–water partition coefficient (Wildman–Crippen LogP) is 3.70. The number of fused-ring (bicyclic) bond motifs is 3. The zero-order chi connectivity index (χ0) is 20.8. The molecule has 5 rings (SSSR count). The van der Waals surface area contributed by atoms with E-state index >= 15 is 0 Å². The lowest BCUT2D eigenvalue weighted by molar-refractivity contribution is -0.116. The first-order valence-corrected chi connectivity index (χ1v) is 11.8. The Morgan fingerprint density at radius 3 is 2.93 bits per heavy atom. The first kappa shape index (κ1) is 19.4. The first-order chi connectivity index (χ1) is 14.6. The Morgan fingerprint density at radius 1 is 1.33 bits per heavy atom. The molecule has 0 bridgehead atoms. The third kappa shape index (κ3) is 3.35. The van der Waals surface area contributed by atoms with Crippen molar-refractivity contribution in [2.75, 3.05) is 11.9 Å². The van der Waals surface area contributed by atoms with Gasteiger partial charge in [0.15, 0.2) is 0 Å². The topological polar surface area (TPSA) is 90.3 Å². The van der Waals surface area contributed by atoms with Gasteiger partial charge in [0.1, 0.15) is 16.4 Å². The van der Waals surface area contributed by atoms with Crippen LogP contribution in [0, 0.1) is 0 Å². The smallest absolute Gasteiger partial charge is 0.341 e. The van der Waals surface area contributed by atoms with E-state index in [0.29, 0.717) is 21.9 Å². The Labute approximate surface area is 180 Å². The molecule has 3 aromatic rings. The summed E-state index contributed by atoms with van der Waals surface area (Å²) in [7, 11) is 0. The van der Waals surface area contributed by atoms with Crippen molar-refractivity contribution in [3.05, 3.63) is 43.6 Å². The van der Waals surface area contributed by atoms with Gasteiger partial charge >= 0.3 is 5.97 Å². The zero-order valence-corrected chi connectivity index (χ0v) is 18.2. The van der Waals surface area contributed by atoms with Crippen LogP contribution in [0.15, 0.2) is 16.5 Å². The number of amides is 1. The summed E-state index contributed by atoms with van der Waals surface area (Å²) in [5.74, 6) is -0.411. The van der Waals surface area contributed by atoms with Crippen molar-refractivity contribution in [3.63, 3.8) is 0 Å². The van der Waals surface area contributed by atoms with Gasteiger partial charge in [0.05, 0.1) is 23.9 Å². The molecule has 0 unspecified atom stereocenters. The molecule has 7 nitrogen and oxygen atoms in total. The normalized spacial score (nSPS) is 15.4. The van der Waals surface area contributed by atoms with Gasteiger partial charge in [-0.3, -0.25) is 14.2 Å². The van der Waals surface area contributed by atoms with Gasteiger partial charge in [0, 0.05) is 4.88 Å². The van der Waals surface area contributed by atoms with E-state index in [-0.39, 0.29) is 24.6 Å². The molecule has 156 valence electrons. The fourth-order valence-corrected chi connectivity index (χ4v) is 6.29. The lowest BCUT2D eigenvalue weighted by Gasteiger charge is -2.09. The standard InChI is InChI=1S/C21H21N3O4S2/c1-2-28-21(27)17-13(11-6-7-11)9-29-19(17)23-15(25)8-24-10-22-18-16(20(24)26)12-4-3-5-14(12)30-18/h9-11H,2-8H2,1H3,(H,23,25). The molecule has 0 aliphatic heterocycles. The summed E-state index contributed by atoms with van der Waals surface area (Å²) in [6.45, 7) is 1.89. The van der Waals surface area contributed by atoms with Crippen molar-refractivity contribution in [2.24, 2.45) is 0 Å². The fourth-order valence-electron chi connectivity index (χ4n) is 4.02. The molecule has 1 amide bonds. The van der Waals surface area contributed by atoms with Crippen LogP contribution in [0.25, 0.3) is 10.2 Å². The summed E-state index contributed by atoms with van der Waals surface area (Å²) in [5.41, 5.74) is 2.32. The molecule has 1 saturated carbocycles. The summed E-state index contributed by atoms with van der Waals surface area (Å²) in [5, 5.41) is 5.88. The number of aromatic nitrogens is 2. The number of carbonyl (C=O) groups is 2. The van der Waals surface area contributed by atoms with Crippen LogP contribution in [0.1, 0.15) is 58.5 Å². The third-order valence-corrected chi connectivity index (χ3v) is 7.69.